The van der Waals surface area contributed by atoms with Crippen molar-refractivity contribution in [3.8, 4) is 5.75 Å². The first kappa shape index (κ1) is 14.3. The molecule has 2 aromatic rings. The van der Waals surface area contributed by atoms with Crippen LogP contribution in [-0.4, -0.2) is 12.9 Å². The van der Waals surface area contributed by atoms with Crippen molar-refractivity contribution < 1.29 is 9.53 Å². The largest absolute Gasteiger partial charge is 0.497 e. The second kappa shape index (κ2) is 6.90. The van der Waals surface area contributed by atoms with E-state index in [-0.39, 0.29) is 11.7 Å². The van der Waals surface area contributed by atoms with E-state index < -0.39 is 0 Å². The quantitative estimate of drug-likeness (QED) is 0.723. The summed E-state index contributed by atoms with van der Waals surface area (Å²) in [5.41, 5.74) is 1.98. The Morgan fingerprint density at radius 2 is 1.70 bits per heavy atom. The predicted molar refractivity (Wildman–Crippen MR) is 81.4 cm³/mol. The van der Waals surface area contributed by atoms with Gasteiger partial charge in [-0.1, -0.05) is 49.4 Å². The molecule has 0 amide bonds. The molecule has 0 saturated heterocycles. The van der Waals surface area contributed by atoms with Gasteiger partial charge in [0.2, 0.25) is 0 Å². The van der Waals surface area contributed by atoms with Crippen LogP contribution < -0.4 is 4.74 Å². The van der Waals surface area contributed by atoms with Crippen LogP contribution in [0.1, 0.15) is 41.6 Å². The van der Waals surface area contributed by atoms with Gasteiger partial charge in [-0.05, 0) is 30.0 Å². The fraction of sp³-hybridized carbons (Fsp3) is 0.278. The fourth-order valence-electron chi connectivity index (χ4n) is 2.34. The number of carbonyl (C=O) groups excluding carboxylic acids is 1. The molecule has 2 heteroatoms. The minimum Gasteiger partial charge on any atom is -0.497 e. The Morgan fingerprint density at radius 1 is 1.05 bits per heavy atom. The summed E-state index contributed by atoms with van der Waals surface area (Å²) in [7, 11) is 1.66. The molecule has 0 N–H and O–H groups in total. The monoisotopic (exact) mass is 268 g/mol. The second-order valence-corrected chi connectivity index (χ2v) is 4.87. The van der Waals surface area contributed by atoms with Crippen LogP contribution in [0.2, 0.25) is 0 Å². The van der Waals surface area contributed by atoms with E-state index in [0.717, 1.165) is 17.7 Å². The van der Waals surface area contributed by atoms with Crippen molar-refractivity contribution in [3.05, 3.63) is 65.7 Å². The number of methoxy groups -OCH3 is 1. The normalized spacial score (nSPS) is 11.9. The van der Waals surface area contributed by atoms with Crippen molar-refractivity contribution in [2.75, 3.05) is 7.11 Å². The van der Waals surface area contributed by atoms with Gasteiger partial charge in [0.25, 0.3) is 0 Å². The summed E-state index contributed by atoms with van der Waals surface area (Å²) in [6, 6.07) is 17.5. The van der Waals surface area contributed by atoms with Gasteiger partial charge < -0.3 is 4.74 Å². The average Bonchev–Trinajstić information content (AvgIpc) is 2.53. The van der Waals surface area contributed by atoms with Gasteiger partial charge in [0, 0.05) is 12.0 Å². The summed E-state index contributed by atoms with van der Waals surface area (Å²) < 4.78 is 5.17. The van der Waals surface area contributed by atoms with Crippen LogP contribution in [0.4, 0.5) is 0 Å². The van der Waals surface area contributed by atoms with E-state index in [4.69, 9.17) is 4.74 Å². The summed E-state index contributed by atoms with van der Waals surface area (Å²) in [6.07, 6.45) is 1.50. The third-order valence-corrected chi connectivity index (χ3v) is 3.61. The number of hydrogen-bond acceptors (Lipinski definition) is 2. The maximum atomic E-state index is 12.3. The molecule has 20 heavy (non-hydrogen) atoms. The molecule has 0 aliphatic heterocycles. The molecule has 1 atom stereocenters. The molecule has 2 rings (SSSR count). The smallest absolute Gasteiger partial charge is 0.163 e. The number of rotatable bonds is 6. The number of hydrogen-bond donors (Lipinski definition) is 0. The number of ether oxygens (including phenoxy) is 1. The molecule has 0 fully saturated rings. The highest BCUT2D eigenvalue weighted by molar-refractivity contribution is 5.96. The highest BCUT2D eigenvalue weighted by Crippen LogP contribution is 2.26. The standard InChI is InChI=1S/C18H20O2/c1-3-14(15-9-11-17(20-2)12-10-15)13-18(19)16-7-5-4-6-8-16/h4-12,14H,3,13H2,1-2H3. The van der Waals surface area contributed by atoms with Gasteiger partial charge in [-0.3, -0.25) is 4.79 Å². The first-order chi connectivity index (χ1) is 9.74. The van der Waals surface area contributed by atoms with E-state index in [1.807, 2.05) is 54.6 Å². The van der Waals surface area contributed by atoms with Crippen LogP contribution in [0.15, 0.2) is 54.6 Å². The summed E-state index contributed by atoms with van der Waals surface area (Å²) >= 11 is 0. The van der Waals surface area contributed by atoms with Crippen LogP contribution in [0.5, 0.6) is 5.75 Å². The lowest BCUT2D eigenvalue weighted by Crippen LogP contribution is -2.07. The van der Waals surface area contributed by atoms with Crippen molar-refractivity contribution >= 4 is 5.78 Å². The van der Waals surface area contributed by atoms with Gasteiger partial charge in [-0.15, -0.1) is 0 Å². The Labute approximate surface area is 120 Å². The minimum atomic E-state index is 0.202. The molecule has 0 saturated carbocycles. The third kappa shape index (κ3) is 3.47. The van der Waals surface area contributed by atoms with Crippen LogP contribution in [0.25, 0.3) is 0 Å². The van der Waals surface area contributed by atoms with Crippen molar-refractivity contribution in [2.24, 2.45) is 0 Å². The number of Topliss-reactive ketones (excluding diaryl/α,β-unsaturated/α-hetero) is 1. The Bertz CT molecular complexity index is 543. The molecule has 0 aliphatic rings. The van der Waals surface area contributed by atoms with Crippen molar-refractivity contribution in [1.29, 1.82) is 0 Å². The maximum Gasteiger partial charge on any atom is 0.163 e. The zero-order chi connectivity index (χ0) is 14.4. The number of ketones is 1. The zero-order valence-electron chi connectivity index (χ0n) is 12.0. The lowest BCUT2D eigenvalue weighted by molar-refractivity contribution is 0.0973. The first-order valence-electron chi connectivity index (χ1n) is 6.96. The molecule has 104 valence electrons. The van der Waals surface area contributed by atoms with E-state index >= 15 is 0 Å². The van der Waals surface area contributed by atoms with Crippen LogP contribution >= 0.6 is 0 Å². The van der Waals surface area contributed by atoms with E-state index in [9.17, 15) is 4.79 Å². The Morgan fingerprint density at radius 3 is 2.25 bits per heavy atom. The number of benzene rings is 2. The Hall–Kier alpha value is -2.09. The van der Waals surface area contributed by atoms with E-state index in [0.29, 0.717) is 6.42 Å². The van der Waals surface area contributed by atoms with E-state index in [1.165, 1.54) is 5.56 Å². The molecular weight excluding hydrogens is 248 g/mol. The van der Waals surface area contributed by atoms with Gasteiger partial charge >= 0.3 is 0 Å². The summed E-state index contributed by atoms with van der Waals surface area (Å²) in [6.45, 7) is 2.12. The molecule has 0 bridgehead atoms. The molecule has 2 aromatic carbocycles. The van der Waals surface area contributed by atoms with Crippen LogP contribution in [0.3, 0.4) is 0 Å². The van der Waals surface area contributed by atoms with Gasteiger partial charge in [0.1, 0.15) is 5.75 Å². The molecule has 2 nitrogen and oxygen atoms in total. The molecule has 0 aromatic heterocycles. The first-order valence-corrected chi connectivity index (χ1v) is 6.96. The Kier molecular flexibility index (Phi) is 4.94. The van der Waals surface area contributed by atoms with Gasteiger partial charge in [-0.2, -0.15) is 0 Å². The van der Waals surface area contributed by atoms with Crippen molar-refractivity contribution in [2.45, 2.75) is 25.7 Å². The van der Waals surface area contributed by atoms with Gasteiger partial charge in [-0.25, -0.2) is 0 Å². The third-order valence-electron chi connectivity index (χ3n) is 3.61. The predicted octanol–water partition coefficient (Wildman–Crippen LogP) is 4.46. The van der Waals surface area contributed by atoms with E-state index in [2.05, 4.69) is 6.92 Å². The number of carbonyl (C=O) groups is 1. The Balaban J connectivity index is 2.10. The van der Waals surface area contributed by atoms with Crippen LogP contribution in [0, 0.1) is 0 Å². The second-order valence-electron chi connectivity index (χ2n) is 4.87. The molecule has 1 unspecified atom stereocenters. The SMILES string of the molecule is CCC(CC(=O)c1ccccc1)c1ccc(OC)cc1. The van der Waals surface area contributed by atoms with E-state index in [1.54, 1.807) is 7.11 Å². The van der Waals surface area contributed by atoms with Gasteiger partial charge in [0.15, 0.2) is 5.78 Å². The molecule has 0 radical (unpaired) electrons. The summed E-state index contributed by atoms with van der Waals surface area (Å²) in [5.74, 6) is 1.31. The molecule has 0 heterocycles. The highest BCUT2D eigenvalue weighted by Gasteiger charge is 2.15. The maximum absolute atomic E-state index is 12.3. The molecule has 0 aliphatic carbocycles. The minimum absolute atomic E-state index is 0.202. The molecule has 0 spiro atoms. The lowest BCUT2D eigenvalue weighted by Gasteiger charge is -2.15. The average molecular weight is 268 g/mol. The van der Waals surface area contributed by atoms with Crippen molar-refractivity contribution in [3.63, 3.8) is 0 Å². The fourth-order valence-corrected chi connectivity index (χ4v) is 2.34. The lowest BCUT2D eigenvalue weighted by atomic mass is 9.89. The highest BCUT2D eigenvalue weighted by atomic mass is 16.5. The summed E-state index contributed by atoms with van der Waals surface area (Å²) in [5, 5.41) is 0. The van der Waals surface area contributed by atoms with Gasteiger partial charge in [0.05, 0.1) is 7.11 Å². The molecular formula is C18H20O2. The van der Waals surface area contributed by atoms with Crippen molar-refractivity contribution in [1.82, 2.24) is 0 Å². The topological polar surface area (TPSA) is 26.3 Å². The zero-order valence-corrected chi connectivity index (χ0v) is 12.0. The summed E-state index contributed by atoms with van der Waals surface area (Å²) in [4.78, 5) is 12.3. The van der Waals surface area contributed by atoms with Crippen LogP contribution in [-0.2, 0) is 0 Å².